The fourth-order valence-corrected chi connectivity index (χ4v) is 2.18. The van der Waals surface area contributed by atoms with Gasteiger partial charge in [-0.25, -0.2) is 4.39 Å². The lowest BCUT2D eigenvalue weighted by Crippen LogP contribution is -2.34. The first-order chi connectivity index (χ1) is 7.04. The van der Waals surface area contributed by atoms with E-state index in [1.165, 1.54) is 6.07 Å². The summed E-state index contributed by atoms with van der Waals surface area (Å²) in [6.07, 6.45) is 0.959. The monoisotopic (exact) mass is 208 g/mol. The number of benzene rings is 1. The summed E-state index contributed by atoms with van der Waals surface area (Å²) in [6.45, 7) is 7.28. The van der Waals surface area contributed by atoms with Gasteiger partial charge in [0.2, 0.25) is 0 Å². The van der Waals surface area contributed by atoms with Crippen LogP contribution in [-0.4, -0.2) is 6.61 Å². The highest BCUT2D eigenvalue weighted by Crippen LogP contribution is 2.43. The average Bonchev–Trinajstić information content (AvgIpc) is 2.19. The molecule has 15 heavy (non-hydrogen) atoms. The van der Waals surface area contributed by atoms with Crippen LogP contribution in [0.15, 0.2) is 18.2 Å². The molecule has 1 unspecified atom stereocenters. The highest BCUT2D eigenvalue weighted by Gasteiger charge is 2.36. The molecule has 1 aliphatic heterocycles. The van der Waals surface area contributed by atoms with E-state index >= 15 is 0 Å². The van der Waals surface area contributed by atoms with Crippen LogP contribution in [0.3, 0.4) is 0 Å². The summed E-state index contributed by atoms with van der Waals surface area (Å²) in [5, 5.41) is 0. The van der Waals surface area contributed by atoms with Crippen LogP contribution in [0.4, 0.5) is 4.39 Å². The number of halogens is 1. The highest BCUT2D eigenvalue weighted by atomic mass is 19.1. The largest absolute Gasteiger partial charge is 0.493 e. The van der Waals surface area contributed by atoms with E-state index in [9.17, 15) is 4.39 Å². The Hall–Kier alpha value is -1.05. The number of hydrogen-bond acceptors (Lipinski definition) is 1. The SMILES string of the molecule is CC(C)C1(C)CCOc2ccc(F)cc21. The van der Waals surface area contributed by atoms with Crippen LogP contribution in [0, 0.1) is 11.7 Å². The normalized spacial score (nSPS) is 24.9. The standard InChI is InChI=1S/C13H17FO/c1-9(2)13(3)6-7-15-12-5-4-10(14)8-11(12)13/h4-5,8-9H,6-7H2,1-3H3. The van der Waals surface area contributed by atoms with E-state index in [1.54, 1.807) is 12.1 Å². The fourth-order valence-electron chi connectivity index (χ4n) is 2.18. The molecule has 0 radical (unpaired) electrons. The number of ether oxygens (including phenoxy) is 1. The van der Waals surface area contributed by atoms with E-state index in [4.69, 9.17) is 4.74 Å². The molecule has 0 spiro atoms. The fraction of sp³-hybridized carbons (Fsp3) is 0.538. The first kappa shape index (κ1) is 10.5. The third-order valence-electron chi connectivity index (χ3n) is 3.71. The Bertz CT molecular complexity index is 373. The summed E-state index contributed by atoms with van der Waals surface area (Å²) in [4.78, 5) is 0. The molecule has 0 aromatic heterocycles. The van der Waals surface area contributed by atoms with Crippen molar-refractivity contribution in [2.45, 2.75) is 32.6 Å². The van der Waals surface area contributed by atoms with Crippen molar-refractivity contribution in [1.82, 2.24) is 0 Å². The Balaban J connectivity index is 2.54. The van der Waals surface area contributed by atoms with Crippen molar-refractivity contribution < 1.29 is 9.13 Å². The predicted molar refractivity (Wildman–Crippen MR) is 58.7 cm³/mol. The lowest BCUT2D eigenvalue weighted by Gasteiger charge is -2.39. The van der Waals surface area contributed by atoms with E-state index < -0.39 is 0 Å². The van der Waals surface area contributed by atoms with Gasteiger partial charge in [-0.05, 0) is 30.5 Å². The molecule has 0 aliphatic carbocycles. The third kappa shape index (κ3) is 1.62. The van der Waals surface area contributed by atoms with Crippen molar-refractivity contribution in [2.75, 3.05) is 6.61 Å². The van der Waals surface area contributed by atoms with Gasteiger partial charge in [-0.15, -0.1) is 0 Å². The second-order valence-corrected chi connectivity index (χ2v) is 4.81. The van der Waals surface area contributed by atoms with Gasteiger partial charge in [-0.3, -0.25) is 0 Å². The maximum absolute atomic E-state index is 13.2. The average molecular weight is 208 g/mol. The van der Waals surface area contributed by atoms with Gasteiger partial charge in [0, 0.05) is 11.0 Å². The van der Waals surface area contributed by atoms with Crippen LogP contribution in [-0.2, 0) is 5.41 Å². The van der Waals surface area contributed by atoms with Gasteiger partial charge in [0.15, 0.2) is 0 Å². The lowest BCUT2D eigenvalue weighted by atomic mass is 9.70. The van der Waals surface area contributed by atoms with Gasteiger partial charge in [0.05, 0.1) is 6.61 Å². The Kier molecular flexibility index (Phi) is 2.45. The Morgan fingerprint density at radius 1 is 1.40 bits per heavy atom. The molecule has 1 atom stereocenters. The molecule has 1 nitrogen and oxygen atoms in total. The van der Waals surface area contributed by atoms with Crippen LogP contribution in [0.2, 0.25) is 0 Å². The summed E-state index contributed by atoms with van der Waals surface area (Å²) >= 11 is 0. The molecule has 1 aromatic carbocycles. The summed E-state index contributed by atoms with van der Waals surface area (Å²) in [6, 6.07) is 4.82. The molecule has 0 N–H and O–H groups in total. The minimum absolute atomic E-state index is 0.0374. The highest BCUT2D eigenvalue weighted by molar-refractivity contribution is 5.41. The van der Waals surface area contributed by atoms with Crippen molar-refractivity contribution in [1.29, 1.82) is 0 Å². The molecule has 2 heteroatoms. The molecule has 1 aromatic rings. The van der Waals surface area contributed by atoms with E-state index in [0.29, 0.717) is 5.92 Å². The Morgan fingerprint density at radius 2 is 2.13 bits per heavy atom. The van der Waals surface area contributed by atoms with Gasteiger partial charge in [-0.1, -0.05) is 20.8 Å². The first-order valence-electron chi connectivity index (χ1n) is 5.47. The Labute approximate surface area is 90.3 Å². The molecule has 1 heterocycles. The maximum Gasteiger partial charge on any atom is 0.123 e. The smallest absolute Gasteiger partial charge is 0.123 e. The number of fused-ring (bicyclic) bond motifs is 1. The van der Waals surface area contributed by atoms with Gasteiger partial charge < -0.3 is 4.74 Å². The van der Waals surface area contributed by atoms with Crippen molar-refractivity contribution in [3.05, 3.63) is 29.6 Å². The topological polar surface area (TPSA) is 9.23 Å². The molecule has 0 amide bonds. The number of hydrogen-bond donors (Lipinski definition) is 0. The van der Waals surface area contributed by atoms with Crippen molar-refractivity contribution >= 4 is 0 Å². The van der Waals surface area contributed by atoms with Crippen molar-refractivity contribution in [2.24, 2.45) is 5.92 Å². The second-order valence-electron chi connectivity index (χ2n) is 4.81. The van der Waals surface area contributed by atoms with Gasteiger partial charge >= 0.3 is 0 Å². The summed E-state index contributed by atoms with van der Waals surface area (Å²) in [7, 11) is 0. The zero-order valence-corrected chi connectivity index (χ0v) is 9.51. The van der Waals surface area contributed by atoms with E-state index in [-0.39, 0.29) is 11.2 Å². The minimum atomic E-state index is -0.175. The molecule has 1 aliphatic rings. The van der Waals surface area contributed by atoms with Crippen LogP contribution in [0.1, 0.15) is 32.8 Å². The first-order valence-corrected chi connectivity index (χ1v) is 5.47. The van der Waals surface area contributed by atoms with E-state index in [2.05, 4.69) is 20.8 Å². The van der Waals surface area contributed by atoms with Gasteiger partial charge in [0.25, 0.3) is 0 Å². The van der Waals surface area contributed by atoms with E-state index in [0.717, 1.165) is 24.3 Å². The summed E-state index contributed by atoms with van der Waals surface area (Å²) < 4.78 is 18.8. The molecule has 0 saturated carbocycles. The lowest BCUT2D eigenvalue weighted by molar-refractivity contribution is 0.186. The second kappa shape index (κ2) is 3.51. The summed E-state index contributed by atoms with van der Waals surface area (Å²) in [5.41, 5.74) is 1.05. The van der Waals surface area contributed by atoms with Crippen LogP contribution in [0.5, 0.6) is 5.75 Å². The summed E-state index contributed by atoms with van der Waals surface area (Å²) in [5.74, 6) is 1.16. The van der Waals surface area contributed by atoms with Crippen LogP contribution >= 0.6 is 0 Å². The maximum atomic E-state index is 13.2. The van der Waals surface area contributed by atoms with Crippen molar-refractivity contribution in [3.63, 3.8) is 0 Å². The molecular formula is C13H17FO. The van der Waals surface area contributed by atoms with Crippen LogP contribution < -0.4 is 4.74 Å². The van der Waals surface area contributed by atoms with Gasteiger partial charge in [0.1, 0.15) is 11.6 Å². The van der Waals surface area contributed by atoms with E-state index in [1.807, 2.05) is 0 Å². The van der Waals surface area contributed by atoms with Gasteiger partial charge in [-0.2, -0.15) is 0 Å². The minimum Gasteiger partial charge on any atom is -0.493 e. The zero-order valence-electron chi connectivity index (χ0n) is 9.51. The van der Waals surface area contributed by atoms with Crippen molar-refractivity contribution in [3.8, 4) is 5.75 Å². The molecule has 0 bridgehead atoms. The Morgan fingerprint density at radius 3 is 2.80 bits per heavy atom. The third-order valence-corrected chi connectivity index (χ3v) is 3.71. The molecular weight excluding hydrogens is 191 g/mol. The quantitative estimate of drug-likeness (QED) is 0.686. The molecule has 2 rings (SSSR count). The van der Waals surface area contributed by atoms with Crippen LogP contribution in [0.25, 0.3) is 0 Å². The zero-order chi connectivity index (χ0) is 11.1. The molecule has 0 fully saturated rings. The predicted octanol–water partition coefficient (Wildman–Crippen LogP) is 3.52. The number of rotatable bonds is 1. The molecule has 0 saturated heterocycles. The molecule has 82 valence electrons.